The topological polar surface area (TPSA) is 66.9 Å². The Morgan fingerprint density at radius 1 is 1.80 bits per heavy atom. The van der Waals surface area contributed by atoms with Gasteiger partial charge in [-0.3, -0.25) is 10.1 Å². The van der Waals surface area contributed by atoms with E-state index in [4.69, 9.17) is 5.26 Å². The molecular weight excluding hydrogens is 132 g/mol. The number of rotatable bonds is 4. The van der Waals surface area contributed by atoms with Gasteiger partial charge in [0.25, 0.3) is 0 Å². The molecule has 56 valence electrons. The van der Waals surface area contributed by atoms with Crippen molar-refractivity contribution in [2.75, 3.05) is 0 Å². The van der Waals surface area contributed by atoms with Gasteiger partial charge in [-0.05, 0) is 6.42 Å². The third-order valence-electron chi connectivity index (χ3n) is 1.27. The molecule has 10 heavy (non-hydrogen) atoms. The van der Waals surface area contributed by atoms with Crippen molar-refractivity contribution >= 4 is 0 Å². The molecule has 0 aromatic rings. The highest BCUT2D eigenvalue weighted by molar-refractivity contribution is 4.68. The fourth-order valence-electron chi connectivity index (χ4n) is 0.582. The maximum atomic E-state index is 10.0. The molecule has 0 amide bonds. The lowest BCUT2D eigenvalue weighted by molar-refractivity contribution is -0.518. The van der Waals surface area contributed by atoms with Crippen molar-refractivity contribution in [3.8, 4) is 6.07 Å². The summed E-state index contributed by atoms with van der Waals surface area (Å²) in [6, 6.07) is 1.43. The average Bonchev–Trinajstić information content (AvgIpc) is 1.88. The zero-order valence-corrected chi connectivity index (χ0v) is 5.91. The second-order valence-electron chi connectivity index (χ2n) is 2.18. The van der Waals surface area contributed by atoms with Crippen LogP contribution < -0.4 is 0 Å². The van der Waals surface area contributed by atoms with Crippen LogP contribution in [0.3, 0.4) is 0 Å². The molecule has 1 atom stereocenters. The summed E-state index contributed by atoms with van der Waals surface area (Å²) in [6.45, 7) is 1.55. The van der Waals surface area contributed by atoms with E-state index in [0.717, 1.165) is 0 Å². The predicted octanol–water partition coefficient (Wildman–Crippen LogP) is 1.35. The van der Waals surface area contributed by atoms with E-state index >= 15 is 0 Å². The van der Waals surface area contributed by atoms with Crippen molar-refractivity contribution in [3.05, 3.63) is 10.1 Å². The second-order valence-corrected chi connectivity index (χ2v) is 2.18. The number of nitro groups is 1. The molecule has 0 fully saturated rings. The highest BCUT2D eigenvalue weighted by atomic mass is 16.6. The van der Waals surface area contributed by atoms with E-state index in [1.165, 1.54) is 0 Å². The third kappa shape index (κ3) is 3.84. The van der Waals surface area contributed by atoms with E-state index in [1.807, 2.05) is 6.07 Å². The summed E-state index contributed by atoms with van der Waals surface area (Å²) in [7, 11) is 0. The van der Waals surface area contributed by atoms with Crippen LogP contribution in [0.5, 0.6) is 0 Å². The highest BCUT2D eigenvalue weighted by Crippen LogP contribution is 2.01. The van der Waals surface area contributed by atoms with Crippen LogP contribution in [-0.4, -0.2) is 11.0 Å². The lowest BCUT2D eigenvalue weighted by Crippen LogP contribution is -2.14. The molecule has 0 aliphatic rings. The first kappa shape index (κ1) is 8.89. The number of unbranched alkanes of at least 4 members (excludes halogenated alkanes) is 1. The fraction of sp³-hybridized carbons (Fsp3) is 0.833. The molecule has 0 aromatic carbocycles. The largest absolute Gasteiger partial charge is 0.264 e. The third-order valence-corrected chi connectivity index (χ3v) is 1.27. The summed E-state index contributed by atoms with van der Waals surface area (Å²) in [6.07, 6.45) is 1.54. The summed E-state index contributed by atoms with van der Waals surface area (Å²) >= 11 is 0. The van der Waals surface area contributed by atoms with Gasteiger partial charge < -0.3 is 0 Å². The Balaban J connectivity index is 3.32. The van der Waals surface area contributed by atoms with Crippen molar-refractivity contribution in [2.45, 2.75) is 32.2 Å². The molecule has 0 aromatic heterocycles. The Kier molecular flexibility index (Phi) is 4.21. The Bertz CT molecular complexity index is 150. The van der Waals surface area contributed by atoms with Gasteiger partial charge >= 0.3 is 0 Å². The zero-order valence-electron chi connectivity index (χ0n) is 5.91. The van der Waals surface area contributed by atoms with E-state index in [1.54, 1.807) is 6.92 Å². The number of nitrogens with zero attached hydrogens (tertiary/aromatic N) is 2. The van der Waals surface area contributed by atoms with Gasteiger partial charge in [-0.15, -0.1) is 0 Å². The van der Waals surface area contributed by atoms with Crippen molar-refractivity contribution in [3.63, 3.8) is 0 Å². The van der Waals surface area contributed by atoms with Gasteiger partial charge in [0.15, 0.2) is 0 Å². The molecule has 0 rings (SSSR count). The molecule has 0 radical (unpaired) electrons. The minimum Gasteiger partial charge on any atom is -0.264 e. The molecule has 0 bridgehead atoms. The second kappa shape index (κ2) is 4.74. The van der Waals surface area contributed by atoms with Gasteiger partial charge in [0.05, 0.1) is 6.07 Å². The lowest BCUT2D eigenvalue weighted by Gasteiger charge is -1.99. The Hall–Kier alpha value is -1.11. The summed E-state index contributed by atoms with van der Waals surface area (Å²) in [5.41, 5.74) is 0. The van der Waals surface area contributed by atoms with Gasteiger partial charge in [0, 0.05) is 24.7 Å². The highest BCUT2D eigenvalue weighted by Gasteiger charge is 2.10. The van der Waals surface area contributed by atoms with Crippen molar-refractivity contribution < 1.29 is 4.92 Å². The first-order chi connectivity index (χ1) is 4.68. The van der Waals surface area contributed by atoms with Gasteiger partial charge in [-0.25, -0.2) is 0 Å². The molecule has 0 spiro atoms. The van der Waals surface area contributed by atoms with Gasteiger partial charge in [0.2, 0.25) is 6.04 Å². The van der Waals surface area contributed by atoms with Crippen LogP contribution in [0.2, 0.25) is 0 Å². The van der Waals surface area contributed by atoms with E-state index in [0.29, 0.717) is 19.3 Å². The van der Waals surface area contributed by atoms with Crippen LogP contribution in [0, 0.1) is 21.4 Å². The smallest absolute Gasteiger partial charge is 0.210 e. The van der Waals surface area contributed by atoms with E-state index in [9.17, 15) is 10.1 Å². The quantitative estimate of drug-likeness (QED) is 0.338. The van der Waals surface area contributed by atoms with Crippen molar-refractivity contribution in [2.24, 2.45) is 0 Å². The molecular formula is C6H10N2O2. The minimum atomic E-state index is -0.506. The molecule has 0 saturated heterocycles. The average molecular weight is 142 g/mol. The molecule has 0 saturated carbocycles. The maximum absolute atomic E-state index is 10.0. The molecule has 0 N–H and O–H groups in total. The van der Waals surface area contributed by atoms with Crippen LogP contribution in [0.15, 0.2) is 0 Å². The van der Waals surface area contributed by atoms with E-state index in [2.05, 4.69) is 0 Å². The van der Waals surface area contributed by atoms with Crippen molar-refractivity contribution in [1.29, 1.82) is 5.26 Å². The van der Waals surface area contributed by atoms with E-state index in [-0.39, 0.29) is 4.92 Å². The molecule has 0 aliphatic carbocycles. The number of hydrogen-bond donors (Lipinski definition) is 0. The fourth-order valence-corrected chi connectivity index (χ4v) is 0.582. The normalized spacial score (nSPS) is 12.0. The standard InChI is InChI=1S/C6H10N2O2/c1-6(8(9)10)4-2-3-5-7/h6H,2-4H2,1H3/t6-/m0/s1. The molecule has 4 nitrogen and oxygen atoms in total. The van der Waals surface area contributed by atoms with Crippen LogP contribution in [0.1, 0.15) is 26.2 Å². The van der Waals surface area contributed by atoms with Crippen LogP contribution >= 0.6 is 0 Å². The minimum absolute atomic E-state index is 0.322. The number of nitriles is 1. The van der Waals surface area contributed by atoms with Crippen molar-refractivity contribution in [1.82, 2.24) is 0 Å². The summed E-state index contributed by atoms with van der Waals surface area (Å²) in [4.78, 5) is 9.69. The SMILES string of the molecule is C[C@@H](CCCC#N)[N+](=O)[O-]. The lowest BCUT2D eigenvalue weighted by atomic mass is 10.1. The maximum Gasteiger partial charge on any atom is 0.210 e. The zero-order chi connectivity index (χ0) is 7.98. The first-order valence-corrected chi connectivity index (χ1v) is 3.19. The Labute approximate surface area is 59.6 Å². The Morgan fingerprint density at radius 3 is 2.80 bits per heavy atom. The molecule has 0 unspecified atom stereocenters. The van der Waals surface area contributed by atoms with Crippen LogP contribution in [0.25, 0.3) is 0 Å². The van der Waals surface area contributed by atoms with E-state index < -0.39 is 6.04 Å². The van der Waals surface area contributed by atoms with Gasteiger partial charge in [0.1, 0.15) is 0 Å². The molecule has 0 heterocycles. The summed E-state index contributed by atoms with van der Waals surface area (Å²) < 4.78 is 0. The monoisotopic (exact) mass is 142 g/mol. The Morgan fingerprint density at radius 2 is 2.40 bits per heavy atom. The predicted molar refractivity (Wildman–Crippen MR) is 35.9 cm³/mol. The van der Waals surface area contributed by atoms with Gasteiger partial charge in [-0.1, -0.05) is 0 Å². The van der Waals surface area contributed by atoms with Gasteiger partial charge in [-0.2, -0.15) is 5.26 Å². The summed E-state index contributed by atoms with van der Waals surface area (Å²) in [5.74, 6) is 0. The summed E-state index contributed by atoms with van der Waals surface area (Å²) in [5, 5.41) is 18.1. The molecule has 4 heteroatoms. The first-order valence-electron chi connectivity index (χ1n) is 3.19. The van der Waals surface area contributed by atoms with Crippen LogP contribution in [0.4, 0.5) is 0 Å². The number of hydrogen-bond acceptors (Lipinski definition) is 3. The van der Waals surface area contributed by atoms with Crippen LogP contribution in [-0.2, 0) is 0 Å². The molecule has 0 aliphatic heterocycles.